The SMILES string of the molecule is ONC=Nc1ncnc2c1sc1ccccc12. The topological polar surface area (TPSA) is 70.4 Å². The highest BCUT2D eigenvalue weighted by Crippen LogP contribution is 2.36. The molecule has 0 fully saturated rings. The average Bonchev–Trinajstić information content (AvgIpc) is 2.75. The summed E-state index contributed by atoms with van der Waals surface area (Å²) in [6.07, 6.45) is 2.66. The number of thiophene rings is 1. The van der Waals surface area contributed by atoms with E-state index in [0.717, 1.165) is 20.3 Å². The summed E-state index contributed by atoms with van der Waals surface area (Å²) in [6.45, 7) is 0. The van der Waals surface area contributed by atoms with Gasteiger partial charge in [-0.25, -0.2) is 15.0 Å². The fourth-order valence-corrected chi connectivity index (χ4v) is 2.79. The maximum Gasteiger partial charge on any atom is 0.174 e. The molecule has 2 aromatic heterocycles. The van der Waals surface area contributed by atoms with Gasteiger partial charge in [-0.15, -0.1) is 11.3 Å². The van der Waals surface area contributed by atoms with Crippen molar-refractivity contribution in [1.29, 1.82) is 0 Å². The Labute approximate surface area is 100 Å². The van der Waals surface area contributed by atoms with E-state index in [1.165, 1.54) is 12.7 Å². The number of hydrogen-bond donors (Lipinski definition) is 2. The van der Waals surface area contributed by atoms with Crippen molar-refractivity contribution in [2.24, 2.45) is 4.99 Å². The van der Waals surface area contributed by atoms with Crippen LogP contribution >= 0.6 is 11.3 Å². The minimum absolute atomic E-state index is 0.553. The third kappa shape index (κ3) is 1.63. The molecule has 0 radical (unpaired) electrons. The van der Waals surface area contributed by atoms with E-state index in [2.05, 4.69) is 15.0 Å². The number of aliphatic imine (C=N–C) groups is 1. The van der Waals surface area contributed by atoms with Crippen molar-refractivity contribution in [3.05, 3.63) is 30.6 Å². The zero-order valence-electron chi connectivity index (χ0n) is 8.66. The van der Waals surface area contributed by atoms with Crippen LogP contribution in [-0.4, -0.2) is 21.5 Å². The predicted molar refractivity (Wildman–Crippen MR) is 68.0 cm³/mol. The molecule has 1 aromatic carbocycles. The molecule has 0 aliphatic carbocycles. The Bertz CT molecular complexity index is 707. The Morgan fingerprint density at radius 1 is 1.29 bits per heavy atom. The summed E-state index contributed by atoms with van der Waals surface area (Å²) in [5.41, 5.74) is 2.76. The van der Waals surface area contributed by atoms with Crippen LogP contribution < -0.4 is 5.48 Å². The third-order valence-electron chi connectivity index (χ3n) is 2.38. The van der Waals surface area contributed by atoms with Crippen LogP contribution in [0.2, 0.25) is 0 Å². The Balaban J connectivity index is 2.35. The number of nitrogens with one attached hydrogen (secondary N) is 1. The third-order valence-corrected chi connectivity index (χ3v) is 3.54. The van der Waals surface area contributed by atoms with E-state index in [-0.39, 0.29) is 0 Å². The summed E-state index contributed by atoms with van der Waals surface area (Å²) < 4.78 is 2.07. The van der Waals surface area contributed by atoms with Crippen LogP contribution in [0.1, 0.15) is 0 Å². The molecule has 0 bridgehead atoms. The minimum atomic E-state index is 0.553. The average molecular weight is 244 g/mol. The number of fused-ring (bicyclic) bond motifs is 3. The van der Waals surface area contributed by atoms with E-state index in [0.29, 0.717) is 5.82 Å². The second-order valence-corrected chi connectivity index (χ2v) is 4.41. The van der Waals surface area contributed by atoms with E-state index in [9.17, 15) is 0 Å². The first-order chi connectivity index (χ1) is 8.40. The van der Waals surface area contributed by atoms with Crippen LogP contribution in [0.25, 0.3) is 20.3 Å². The van der Waals surface area contributed by atoms with Gasteiger partial charge >= 0.3 is 0 Å². The zero-order chi connectivity index (χ0) is 11.7. The van der Waals surface area contributed by atoms with Crippen molar-refractivity contribution in [2.75, 3.05) is 0 Å². The molecule has 6 heteroatoms. The zero-order valence-corrected chi connectivity index (χ0v) is 9.48. The van der Waals surface area contributed by atoms with Crippen molar-refractivity contribution >= 4 is 43.8 Å². The smallest absolute Gasteiger partial charge is 0.174 e. The Morgan fingerprint density at radius 2 is 2.18 bits per heavy atom. The lowest BCUT2D eigenvalue weighted by Gasteiger charge is -1.93. The van der Waals surface area contributed by atoms with Gasteiger partial charge in [-0.2, -0.15) is 0 Å². The molecule has 5 nitrogen and oxygen atoms in total. The molecular formula is C11H8N4OS. The Morgan fingerprint density at radius 3 is 3.06 bits per heavy atom. The second-order valence-electron chi connectivity index (χ2n) is 3.36. The minimum Gasteiger partial charge on any atom is -0.290 e. The van der Waals surface area contributed by atoms with E-state index in [1.54, 1.807) is 11.3 Å². The quantitative estimate of drug-likeness (QED) is 0.413. The number of aromatic nitrogens is 2. The van der Waals surface area contributed by atoms with Crippen molar-refractivity contribution in [1.82, 2.24) is 15.4 Å². The Hall–Kier alpha value is -2.05. The van der Waals surface area contributed by atoms with Gasteiger partial charge in [-0.05, 0) is 6.07 Å². The number of nitrogens with zero attached hydrogens (tertiary/aromatic N) is 3. The first kappa shape index (κ1) is 10.1. The van der Waals surface area contributed by atoms with E-state index in [4.69, 9.17) is 5.21 Å². The van der Waals surface area contributed by atoms with E-state index < -0.39 is 0 Å². The van der Waals surface area contributed by atoms with E-state index in [1.807, 2.05) is 29.7 Å². The van der Waals surface area contributed by atoms with Gasteiger partial charge < -0.3 is 0 Å². The largest absolute Gasteiger partial charge is 0.290 e. The lowest BCUT2D eigenvalue weighted by molar-refractivity contribution is 0.240. The maximum absolute atomic E-state index is 8.50. The van der Waals surface area contributed by atoms with Gasteiger partial charge in [-0.1, -0.05) is 18.2 Å². The molecule has 84 valence electrons. The monoisotopic (exact) mass is 244 g/mol. The van der Waals surface area contributed by atoms with Gasteiger partial charge in [0.1, 0.15) is 12.7 Å². The lowest BCUT2D eigenvalue weighted by Crippen LogP contribution is -2.01. The van der Waals surface area contributed by atoms with Crippen LogP contribution in [0.5, 0.6) is 0 Å². The summed E-state index contributed by atoms with van der Waals surface area (Å²) in [6, 6.07) is 8.04. The molecule has 0 saturated carbocycles. The molecule has 17 heavy (non-hydrogen) atoms. The first-order valence-electron chi connectivity index (χ1n) is 4.94. The molecule has 0 aliphatic heterocycles. The maximum atomic E-state index is 8.50. The van der Waals surface area contributed by atoms with Crippen molar-refractivity contribution < 1.29 is 5.21 Å². The highest BCUT2D eigenvalue weighted by Gasteiger charge is 2.09. The second kappa shape index (κ2) is 4.08. The van der Waals surface area contributed by atoms with Crippen LogP contribution in [0, 0.1) is 0 Å². The van der Waals surface area contributed by atoms with Crippen LogP contribution in [0.4, 0.5) is 5.82 Å². The fraction of sp³-hybridized carbons (Fsp3) is 0. The predicted octanol–water partition coefficient (Wildman–Crippen LogP) is 2.48. The van der Waals surface area contributed by atoms with Crippen molar-refractivity contribution in [3.8, 4) is 0 Å². The molecule has 0 saturated heterocycles. The van der Waals surface area contributed by atoms with Gasteiger partial charge in [-0.3, -0.25) is 10.7 Å². The lowest BCUT2D eigenvalue weighted by atomic mass is 10.2. The summed E-state index contributed by atoms with van der Waals surface area (Å²) in [5, 5.41) is 9.60. The molecule has 3 rings (SSSR count). The number of benzene rings is 1. The molecule has 0 spiro atoms. The van der Waals surface area contributed by atoms with Crippen molar-refractivity contribution in [3.63, 3.8) is 0 Å². The molecule has 0 amide bonds. The van der Waals surface area contributed by atoms with Gasteiger partial charge in [0.25, 0.3) is 0 Å². The molecule has 2 heterocycles. The number of hydrogen-bond acceptors (Lipinski definition) is 5. The summed E-state index contributed by atoms with van der Waals surface area (Å²) in [4.78, 5) is 12.4. The number of hydroxylamine groups is 1. The van der Waals surface area contributed by atoms with E-state index >= 15 is 0 Å². The fourth-order valence-electron chi connectivity index (χ4n) is 1.69. The summed E-state index contributed by atoms with van der Waals surface area (Å²) in [5.74, 6) is 0.553. The Kier molecular flexibility index (Phi) is 2.43. The molecular weight excluding hydrogens is 236 g/mol. The summed E-state index contributed by atoms with van der Waals surface area (Å²) >= 11 is 1.59. The number of rotatable bonds is 2. The molecule has 0 unspecified atom stereocenters. The van der Waals surface area contributed by atoms with Gasteiger partial charge in [0.2, 0.25) is 0 Å². The van der Waals surface area contributed by atoms with Gasteiger partial charge in [0, 0.05) is 10.1 Å². The standard InChI is InChI=1S/C11H8N4OS/c16-15-6-14-11-10-9(12-5-13-11)7-3-1-2-4-8(7)17-10/h1-6,16H,(H,12,13,14,15). The molecule has 2 N–H and O–H groups in total. The van der Waals surface area contributed by atoms with Crippen LogP contribution in [-0.2, 0) is 0 Å². The normalized spacial score (nSPS) is 11.6. The van der Waals surface area contributed by atoms with Gasteiger partial charge in [0.15, 0.2) is 5.82 Å². The highest BCUT2D eigenvalue weighted by molar-refractivity contribution is 7.26. The van der Waals surface area contributed by atoms with Crippen LogP contribution in [0.3, 0.4) is 0 Å². The van der Waals surface area contributed by atoms with Crippen LogP contribution in [0.15, 0.2) is 35.6 Å². The summed E-state index contributed by atoms with van der Waals surface area (Å²) in [7, 11) is 0. The first-order valence-corrected chi connectivity index (χ1v) is 5.76. The molecule has 0 aliphatic rings. The molecule has 0 atom stereocenters. The van der Waals surface area contributed by atoms with Crippen molar-refractivity contribution in [2.45, 2.75) is 0 Å². The van der Waals surface area contributed by atoms with Gasteiger partial charge in [0.05, 0.1) is 10.2 Å². The highest BCUT2D eigenvalue weighted by atomic mass is 32.1. The molecule has 3 aromatic rings.